The van der Waals surface area contributed by atoms with Crippen LogP contribution in [0, 0.1) is 20.8 Å². The van der Waals surface area contributed by atoms with E-state index in [-0.39, 0.29) is 0 Å². The van der Waals surface area contributed by atoms with Gasteiger partial charge >= 0.3 is 7.12 Å². The predicted molar refractivity (Wildman–Crippen MR) is 81.3 cm³/mol. The van der Waals surface area contributed by atoms with Gasteiger partial charge in [-0.1, -0.05) is 29.8 Å². The number of ether oxygens (including phenoxy) is 1. The summed E-state index contributed by atoms with van der Waals surface area (Å²) >= 11 is 0. The van der Waals surface area contributed by atoms with Crippen molar-refractivity contribution in [3.8, 4) is 5.75 Å². The number of aryl methyl sites for hydroxylation is 3. The van der Waals surface area contributed by atoms with Crippen molar-refractivity contribution in [3.63, 3.8) is 0 Å². The van der Waals surface area contributed by atoms with Crippen LogP contribution in [0.4, 0.5) is 0 Å². The molecule has 2 aromatic carbocycles. The van der Waals surface area contributed by atoms with Crippen molar-refractivity contribution < 1.29 is 14.8 Å². The standard InChI is InChI=1S/C16H19BO3/c1-11-4-5-12(2)14(8-11)10-20-15-6-7-16(17(18)19)13(3)9-15/h4-9,18-19H,10H2,1-3H3. The molecule has 3 nitrogen and oxygen atoms in total. The highest BCUT2D eigenvalue weighted by molar-refractivity contribution is 6.59. The van der Waals surface area contributed by atoms with Crippen LogP contribution in [0.1, 0.15) is 22.3 Å². The van der Waals surface area contributed by atoms with Gasteiger partial charge in [0.2, 0.25) is 0 Å². The zero-order valence-corrected chi connectivity index (χ0v) is 12.1. The molecule has 0 radical (unpaired) electrons. The lowest BCUT2D eigenvalue weighted by molar-refractivity contribution is 0.305. The second kappa shape index (κ2) is 6.12. The van der Waals surface area contributed by atoms with Crippen molar-refractivity contribution in [1.82, 2.24) is 0 Å². The maximum absolute atomic E-state index is 9.18. The third kappa shape index (κ3) is 3.41. The van der Waals surface area contributed by atoms with E-state index in [1.54, 1.807) is 12.1 Å². The summed E-state index contributed by atoms with van der Waals surface area (Å²) in [7, 11) is -1.44. The number of hydrogen-bond acceptors (Lipinski definition) is 3. The Morgan fingerprint density at radius 1 is 0.950 bits per heavy atom. The summed E-state index contributed by atoms with van der Waals surface area (Å²) in [5.41, 5.74) is 4.88. The van der Waals surface area contributed by atoms with Crippen molar-refractivity contribution in [2.24, 2.45) is 0 Å². The third-order valence-electron chi connectivity index (χ3n) is 3.42. The van der Waals surface area contributed by atoms with E-state index in [9.17, 15) is 10.0 Å². The van der Waals surface area contributed by atoms with Gasteiger partial charge in [0.25, 0.3) is 0 Å². The van der Waals surface area contributed by atoms with Crippen LogP contribution in [-0.4, -0.2) is 17.2 Å². The molecule has 0 aliphatic rings. The van der Waals surface area contributed by atoms with Gasteiger partial charge < -0.3 is 14.8 Å². The van der Waals surface area contributed by atoms with E-state index in [1.165, 1.54) is 11.1 Å². The Balaban J connectivity index is 2.11. The lowest BCUT2D eigenvalue weighted by Crippen LogP contribution is -2.31. The second-order valence-electron chi connectivity index (χ2n) is 5.11. The van der Waals surface area contributed by atoms with Gasteiger partial charge in [0.15, 0.2) is 0 Å². The normalized spacial score (nSPS) is 10.4. The molecule has 0 spiro atoms. The average molecular weight is 270 g/mol. The van der Waals surface area contributed by atoms with E-state index in [0.29, 0.717) is 12.1 Å². The topological polar surface area (TPSA) is 49.7 Å². The molecule has 0 unspecified atom stereocenters. The highest BCUT2D eigenvalue weighted by Gasteiger charge is 2.14. The van der Waals surface area contributed by atoms with Crippen molar-refractivity contribution >= 4 is 12.6 Å². The van der Waals surface area contributed by atoms with Crippen molar-refractivity contribution in [1.29, 1.82) is 0 Å². The van der Waals surface area contributed by atoms with Gasteiger partial charge in [0.05, 0.1) is 0 Å². The molecular formula is C16H19BO3. The Morgan fingerprint density at radius 2 is 1.70 bits per heavy atom. The van der Waals surface area contributed by atoms with Crippen LogP contribution in [0.5, 0.6) is 5.75 Å². The summed E-state index contributed by atoms with van der Waals surface area (Å²) in [6.45, 7) is 6.46. The quantitative estimate of drug-likeness (QED) is 0.834. The van der Waals surface area contributed by atoms with Crippen molar-refractivity contribution in [3.05, 3.63) is 58.7 Å². The summed E-state index contributed by atoms with van der Waals surface area (Å²) in [4.78, 5) is 0. The fourth-order valence-electron chi connectivity index (χ4n) is 2.14. The van der Waals surface area contributed by atoms with Crippen LogP contribution in [0.2, 0.25) is 0 Å². The van der Waals surface area contributed by atoms with Crippen molar-refractivity contribution in [2.45, 2.75) is 27.4 Å². The minimum Gasteiger partial charge on any atom is -0.489 e. The fourth-order valence-corrected chi connectivity index (χ4v) is 2.14. The summed E-state index contributed by atoms with van der Waals surface area (Å²) in [5, 5.41) is 18.4. The molecule has 0 saturated carbocycles. The van der Waals surface area contributed by atoms with Crippen LogP contribution in [0.25, 0.3) is 0 Å². The van der Waals surface area contributed by atoms with E-state index in [4.69, 9.17) is 4.74 Å². The Bertz CT molecular complexity index is 609. The molecule has 0 saturated heterocycles. The summed E-state index contributed by atoms with van der Waals surface area (Å²) in [5.74, 6) is 0.729. The van der Waals surface area contributed by atoms with E-state index in [1.807, 2.05) is 13.0 Å². The second-order valence-corrected chi connectivity index (χ2v) is 5.11. The molecule has 4 heteroatoms. The van der Waals surface area contributed by atoms with Gasteiger partial charge in [-0.2, -0.15) is 0 Å². The molecule has 0 bridgehead atoms. The molecule has 0 atom stereocenters. The SMILES string of the molecule is Cc1ccc(C)c(COc2ccc(B(O)O)c(C)c2)c1. The van der Waals surface area contributed by atoms with Crippen LogP contribution in [0.3, 0.4) is 0 Å². The summed E-state index contributed by atoms with van der Waals surface area (Å²) in [6, 6.07) is 11.5. The molecule has 2 N–H and O–H groups in total. The summed E-state index contributed by atoms with van der Waals surface area (Å²) < 4.78 is 5.78. The Kier molecular flexibility index (Phi) is 4.48. The molecule has 20 heavy (non-hydrogen) atoms. The van der Waals surface area contributed by atoms with Crippen molar-refractivity contribution in [2.75, 3.05) is 0 Å². The number of rotatable bonds is 4. The smallest absolute Gasteiger partial charge is 0.488 e. The Labute approximate surface area is 120 Å². The fraction of sp³-hybridized carbons (Fsp3) is 0.250. The first kappa shape index (κ1) is 14.6. The predicted octanol–water partition coefficient (Wildman–Crippen LogP) is 1.87. The molecule has 0 aliphatic carbocycles. The average Bonchev–Trinajstić information content (AvgIpc) is 2.39. The first-order valence-electron chi connectivity index (χ1n) is 6.63. The highest BCUT2D eigenvalue weighted by Crippen LogP contribution is 2.16. The molecule has 2 aromatic rings. The number of hydrogen-bond donors (Lipinski definition) is 2. The molecule has 104 valence electrons. The lowest BCUT2D eigenvalue weighted by atomic mass is 9.77. The zero-order valence-electron chi connectivity index (χ0n) is 12.1. The molecule has 0 aromatic heterocycles. The Hall–Kier alpha value is -1.78. The van der Waals surface area contributed by atoms with Gasteiger partial charge in [-0.25, -0.2) is 0 Å². The van der Waals surface area contributed by atoms with Gasteiger partial charge in [-0.05, 0) is 55.1 Å². The van der Waals surface area contributed by atoms with Crippen LogP contribution in [0.15, 0.2) is 36.4 Å². The minimum absolute atomic E-state index is 0.504. The molecule has 2 rings (SSSR count). The molecule has 0 aliphatic heterocycles. The Morgan fingerprint density at radius 3 is 2.35 bits per heavy atom. The van der Waals surface area contributed by atoms with E-state index >= 15 is 0 Å². The van der Waals surface area contributed by atoms with Gasteiger partial charge in [-0.15, -0.1) is 0 Å². The minimum atomic E-state index is -1.44. The molecular weight excluding hydrogens is 251 g/mol. The highest BCUT2D eigenvalue weighted by atomic mass is 16.5. The number of benzene rings is 2. The zero-order chi connectivity index (χ0) is 14.7. The van der Waals surface area contributed by atoms with E-state index in [0.717, 1.165) is 16.9 Å². The van der Waals surface area contributed by atoms with E-state index in [2.05, 4.69) is 32.0 Å². The lowest BCUT2D eigenvalue weighted by Gasteiger charge is -2.12. The molecule has 0 amide bonds. The largest absolute Gasteiger partial charge is 0.489 e. The summed E-state index contributed by atoms with van der Waals surface area (Å²) in [6.07, 6.45) is 0. The molecule has 0 fully saturated rings. The van der Waals surface area contributed by atoms with Crippen LogP contribution in [-0.2, 0) is 6.61 Å². The van der Waals surface area contributed by atoms with Crippen LogP contribution < -0.4 is 10.2 Å². The van der Waals surface area contributed by atoms with Crippen LogP contribution >= 0.6 is 0 Å². The monoisotopic (exact) mass is 270 g/mol. The van der Waals surface area contributed by atoms with Gasteiger partial charge in [0, 0.05) is 0 Å². The van der Waals surface area contributed by atoms with E-state index < -0.39 is 7.12 Å². The molecule has 0 heterocycles. The maximum Gasteiger partial charge on any atom is 0.488 e. The first-order valence-corrected chi connectivity index (χ1v) is 6.63. The van der Waals surface area contributed by atoms with Gasteiger partial charge in [0.1, 0.15) is 12.4 Å². The maximum atomic E-state index is 9.18. The first-order chi connectivity index (χ1) is 9.47. The van der Waals surface area contributed by atoms with Gasteiger partial charge in [-0.3, -0.25) is 0 Å². The third-order valence-corrected chi connectivity index (χ3v) is 3.42.